The number of fused-ring (bicyclic) bond motifs is 1. The number of benzene rings is 1. The van der Waals surface area contributed by atoms with Crippen molar-refractivity contribution in [2.24, 2.45) is 0 Å². The fourth-order valence-electron chi connectivity index (χ4n) is 2.19. The summed E-state index contributed by atoms with van der Waals surface area (Å²) in [5.41, 5.74) is 2.29. The molecule has 0 N–H and O–H groups in total. The standard InChI is InChI=1S/C16H13ClN2O2/c1-20-11-5-6-12(14(9-11)21-2)13-8-10-4-3-7-18-16(10)19-15(13)17/h3-9H,1-2H3. The van der Waals surface area contributed by atoms with E-state index < -0.39 is 0 Å². The first kappa shape index (κ1) is 13.6. The molecule has 0 spiro atoms. The zero-order valence-electron chi connectivity index (χ0n) is 11.6. The van der Waals surface area contributed by atoms with Gasteiger partial charge in [-0.05, 0) is 30.3 Å². The van der Waals surface area contributed by atoms with Gasteiger partial charge in [0.15, 0.2) is 5.65 Å². The molecule has 0 saturated heterocycles. The van der Waals surface area contributed by atoms with Crippen LogP contribution in [0.1, 0.15) is 0 Å². The van der Waals surface area contributed by atoms with E-state index in [0.717, 1.165) is 22.3 Å². The Morgan fingerprint density at radius 2 is 1.86 bits per heavy atom. The maximum atomic E-state index is 6.30. The molecule has 0 unspecified atom stereocenters. The first-order valence-electron chi connectivity index (χ1n) is 6.36. The molecule has 0 radical (unpaired) electrons. The SMILES string of the molecule is COc1ccc(-c2cc3cccnc3nc2Cl)c(OC)c1. The second-order valence-electron chi connectivity index (χ2n) is 4.44. The van der Waals surface area contributed by atoms with Gasteiger partial charge in [0.25, 0.3) is 0 Å². The van der Waals surface area contributed by atoms with Crippen molar-refractivity contribution in [1.29, 1.82) is 0 Å². The number of pyridine rings is 2. The van der Waals surface area contributed by atoms with Gasteiger partial charge in [0.1, 0.15) is 16.7 Å². The lowest BCUT2D eigenvalue weighted by Crippen LogP contribution is -1.93. The van der Waals surface area contributed by atoms with Gasteiger partial charge in [0.05, 0.1) is 14.2 Å². The molecule has 3 aromatic rings. The molecule has 0 saturated carbocycles. The van der Waals surface area contributed by atoms with E-state index >= 15 is 0 Å². The number of nitrogens with zero attached hydrogens (tertiary/aromatic N) is 2. The maximum Gasteiger partial charge on any atom is 0.160 e. The van der Waals surface area contributed by atoms with Crippen molar-refractivity contribution in [2.75, 3.05) is 14.2 Å². The van der Waals surface area contributed by atoms with Crippen LogP contribution in [0.5, 0.6) is 11.5 Å². The van der Waals surface area contributed by atoms with E-state index in [9.17, 15) is 0 Å². The lowest BCUT2D eigenvalue weighted by atomic mass is 10.0. The highest BCUT2D eigenvalue weighted by Gasteiger charge is 2.13. The van der Waals surface area contributed by atoms with Crippen LogP contribution in [0.15, 0.2) is 42.6 Å². The van der Waals surface area contributed by atoms with Crippen molar-refractivity contribution in [3.05, 3.63) is 47.7 Å². The molecule has 0 aliphatic rings. The summed E-state index contributed by atoms with van der Waals surface area (Å²) in [5, 5.41) is 1.32. The van der Waals surface area contributed by atoms with Crippen LogP contribution in [-0.2, 0) is 0 Å². The van der Waals surface area contributed by atoms with Gasteiger partial charge in [0, 0.05) is 28.8 Å². The molecule has 0 aliphatic heterocycles. The average molecular weight is 301 g/mol. The van der Waals surface area contributed by atoms with Crippen molar-refractivity contribution in [1.82, 2.24) is 9.97 Å². The molecule has 2 aromatic heterocycles. The Labute approximate surface area is 127 Å². The fraction of sp³-hybridized carbons (Fsp3) is 0.125. The number of hydrogen-bond acceptors (Lipinski definition) is 4. The second-order valence-corrected chi connectivity index (χ2v) is 4.80. The topological polar surface area (TPSA) is 44.2 Å². The van der Waals surface area contributed by atoms with Gasteiger partial charge in [-0.25, -0.2) is 9.97 Å². The van der Waals surface area contributed by atoms with Crippen LogP contribution in [-0.4, -0.2) is 24.2 Å². The third-order valence-electron chi connectivity index (χ3n) is 3.24. The molecule has 0 bridgehead atoms. The molecule has 5 heteroatoms. The van der Waals surface area contributed by atoms with E-state index in [1.165, 1.54) is 0 Å². The molecule has 106 valence electrons. The van der Waals surface area contributed by atoms with Gasteiger partial charge < -0.3 is 9.47 Å². The number of hydrogen-bond donors (Lipinski definition) is 0. The van der Waals surface area contributed by atoms with Crippen molar-refractivity contribution in [3.63, 3.8) is 0 Å². The number of methoxy groups -OCH3 is 2. The predicted octanol–water partition coefficient (Wildman–Crippen LogP) is 3.97. The molecule has 4 nitrogen and oxygen atoms in total. The van der Waals surface area contributed by atoms with Gasteiger partial charge in [-0.2, -0.15) is 0 Å². The minimum Gasteiger partial charge on any atom is -0.497 e. The van der Waals surface area contributed by atoms with E-state index in [2.05, 4.69) is 9.97 Å². The summed E-state index contributed by atoms with van der Waals surface area (Å²) in [4.78, 5) is 8.54. The van der Waals surface area contributed by atoms with Crippen LogP contribution in [0, 0.1) is 0 Å². The highest BCUT2D eigenvalue weighted by Crippen LogP contribution is 2.37. The largest absolute Gasteiger partial charge is 0.497 e. The lowest BCUT2D eigenvalue weighted by Gasteiger charge is -2.12. The summed E-state index contributed by atoms with van der Waals surface area (Å²) in [6.45, 7) is 0. The van der Waals surface area contributed by atoms with Crippen molar-refractivity contribution < 1.29 is 9.47 Å². The molecular formula is C16H13ClN2O2. The number of aromatic nitrogens is 2. The van der Waals surface area contributed by atoms with Gasteiger partial charge in [0.2, 0.25) is 0 Å². The van der Waals surface area contributed by atoms with E-state index in [-0.39, 0.29) is 0 Å². The molecule has 21 heavy (non-hydrogen) atoms. The van der Waals surface area contributed by atoms with E-state index in [4.69, 9.17) is 21.1 Å². The number of rotatable bonds is 3. The van der Waals surface area contributed by atoms with Gasteiger partial charge in [-0.15, -0.1) is 0 Å². The molecular weight excluding hydrogens is 288 g/mol. The fourth-order valence-corrected chi connectivity index (χ4v) is 2.43. The Kier molecular flexibility index (Phi) is 3.62. The molecule has 2 heterocycles. The molecule has 0 fully saturated rings. The highest BCUT2D eigenvalue weighted by molar-refractivity contribution is 6.32. The van der Waals surface area contributed by atoms with Crippen molar-refractivity contribution in [2.45, 2.75) is 0 Å². The Bertz CT molecular complexity index is 805. The Morgan fingerprint density at radius 3 is 2.62 bits per heavy atom. The summed E-state index contributed by atoms with van der Waals surface area (Å²) in [7, 11) is 3.23. The molecule has 0 amide bonds. The monoisotopic (exact) mass is 300 g/mol. The van der Waals surface area contributed by atoms with Gasteiger partial charge >= 0.3 is 0 Å². The maximum absolute atomic E-state index is 6.30. The van der Waals surface area contributed by atoms with Crippen molar-refractivity contribution in [3.8, 4) is 22.6 Å². The minimum atomic E-state index is 0.393. The summed E-state index contributed by atoms with van der Waals surface area (Å²) in [6.07, 6.45) is 1.69. The summed E-state index contributed by atoms with van der Waals surface area (Å²) >= 11 is 6.30. The lowest BCUT2D eigenvalue weighted by molar-refractivity contribution is 0.395. The first-order chi connectivity index (χ1) is 10.2. The first-order valence-corrected chi connectivity index (χ1v) is 6.74. The van der Waals surface area contributed by atoms with Gasteiger partial charge in [-0.1, -0.05) is 11.6 Å². The predicted molar refractivity (Wildman–Crippen MR) is 83.1 cm³/mol. The van der Waals surface area contributed by atoms with Crippen LogP contribution >= 0.6 is 11.6 Å². The van der Waals surface area contributed by atoms with Crippen LogP contribution < -0.4 is 9.47 Å². The number of halogens is 1. The molecule has 1 aromatic carbocycles. The number of ether oxygens (including phenoxy) is 2. The van der Waals surface area contributed by atoms with Crippen LogP contribution in [0.4, 0.5) is 0 Å². The normalized spacial score (nSPS) is 10.6. The van der Waals surface area contributed by atoms with E-state index in [1.54, 1.807) is 20.4 Å². The minimum absolute atomic E-state index is 0.393. The van der Waals surface area contributed by atoms with E-state index in [1.807, 2.05) is 36.4 Å². The third kappa shape index (κ3) is 2.50. The average Bonchev–Trinajstić information content (AvgIpc) is 2.53. The van der Waals surface area contributed by atoms with Crippen LogP contribution in [0.3, 0.4) is 0 Å². The molecule has 3 rings (SSSR count). The quantitative estimate of drug-likeness (QED) is 0.687. The molecule has 0 aliphatic carbocycles. The van der Waals surface area contributed by atoms with Crippen LogP contribution in [0.25, 0.3) is 22.2 Å². The summed E-state index contributed by atoms with van der Waals surface area (Å²) in [6, 6.07) is 11.4. The smallest absolute Gasteiger partial charge is 0.160 e. The van der Waals surface area contributed by atoms with Gasteiger partial charge in [-0.3, -0.25) is 0 Å². The highest BCUT2D eigenvalue weighted by atomic mass is 35.5. The summed E-state index contributed by atoms with van der Waals surface area (Å²) < 4.78 is 10.6. The summed E-state index contributed by atoms with van der Waals surface area (Å²) in [5.74, 6) is 1.41. The Balaban J connectivity index is 2.22. The third-order valence-corrected chi connectivity index (χ3v) is 3.53. The molecule has 0 atom stereocenters. The zero-order chi connectivity index (χ0) is 14.8. The van der Waals surface area contributed by atoms with Crippen LogP contribution in [0.2, 0.25) is 5.15 Å². The van der Waals surface area contributed by atoms with Crippen molar-refractivity contribution >= 4 is 22.6 Å². The zero-order valence-corrected chi connectivity index (χ0v) is 12.4. The Morgan fingerprint density at radius 1 is 1.00 bits per heavy atom. The second kappa shape index (κ2) is 5.58. The van der Waals surface area contributed by atoms with E-state index in [0.29, 0.717) is 16.5 Å². The Hall–Kier alpha value is -2.33.